The summed E-state index contributed by atoms with van der Waals surface area (Å²) in [6.45, 7) is 0.174. The summed E-state index contributed by atoms with van der Waals surface area (Å²) < 4.78 is 10.7. The van der Waals surface area contributed by atoms with Gasteiger partial charge in [0.2, 0.25) is 0 Å². The van der Waals surface area contributed by atoms with Gasteiger partial charge in [0.05, 0.1) is 18.9 Å². The molecule has 1 saturated heterocycles. The van der Waals surface area contributed by atoms with E-state index in [0.29, 0.717) is 17.1 Å². The monoisotopic (exact) mass is 390 g/mol. The Bertz CT molecular complexity index is 1070. The zero-order chi connectivity index (χ0) is 20.4. The number of Topliss-reactive ketones (excluding diaryl/α,β-unsaturated/α-hetero) is 1. The lowest BCUT2D eigenvalue weighted by molar-refractivity contribution is -0.140. The van der Waals surface area contributed by atoms with Gasteiger partial charge >= 0.3 is 0 Å². The minimum atomic E-state index is -0.843. The van der Waals surface area contributed by atoms with Crippen molar-refractivity contribution in [1.29, 1.82) is 0 Å². The van der Waals surface area contributed by atoms with Gasteiger partial charge in [-0.1, -0.05) is 12.1 Å². The Kier molecular flexibility index (Phi) is 4.87. The van der Waals surface area contributed by atoms with E-state index in [4.69, 9.17) is 9.15 Å². The number of methoxy groups -OCH3 is 1. The van der Waals surface area contributed by atoms with Gasteiger partial charge in [-0.2, -0.15) is 0 Å². The van der Waals surface area contributed by atoms with Gasteiger partial charge in [-0.25, -0.2) is 0 Å². The Balaban J connectivity index is 1.83. The number of rotatable bonds is 5. The smallest absolute Gasteiger partial charge is 0.296 e. The average molecular weight is 390 g/mol. The molecule has 1 aliphatic rings. The molecule has 0 aliphatic carbocycles. The maximum absolute atomic E-state index is 12.9. The lowest BCUT2D eigenvalue weighted by atomic mass is 9.99. The molecular weight excluding hydrogens is 372 g/mol. The fourth-order valence-electron chi connectivity index (χ4n) is 3.40. The third-order valence-electron chi connectivity index (χ3n) is 4.80. The second-order valence-corrected chi connectivity index (χ2v) is 6.53. The van der Waals surface area contributed by atoms with Crippen molar-refractivity contribution in [3.05, 3.63) is 89.6 Å². The molecule has 3 aromatic rings. The van der Waals surface area contributed by atoms with Crippen LogP contribution in [0.5, 0.6) is 5.75 Å². The summed E-state index contributed by atoms with van der Waals surface area (Å²) in [4.78, 5) is 31.1. The van der Waals surface area contributed by atoms with Crippen molar-refractivity contribution in [1.82, 2.24) is 9.88 Å². The maximum Gasteiger partial charge on any atom is 0.296 e. The van der Waals surface area contributed by atoms with Gasteiger partial charge < -0.3 is 19.2 Å². The normalized spacial score (nSPS) is 18.2. The molecule has 1 aromatic carbocycles. The van der Waals surface area contributed by atoms with Gasteiger partial charge in [0.15, 0.2) is 0 Å². The van der Waals surface area contributed by atoms with Crippen LogP contribution >= 0.6 is 0 Å². The van der Waals surface area contributed by atoms with Crippen molar-refractivity contribution >= 4 is 17.4 Å². The number of ether oxygens (including phenoxy) is 1. The number of furan rings is 1. The van der Waals surface area contributed by atoms with Crippen LogP contribution in [-0.2, 0) is 16.1 Å². The van der Waals surface area contributed by atoms with Crippen LogP contribution in [0.4, 0.5) is 0 Å². The van der Waals surface area contributed by atoms with Gasteiger partial charge in [0.1, 0.15) is 23.3 Å². The molecule has 7 heteroatoms. The minimum absolute atomic E-state index is 0.0211. The molecule has 1 unspecified atom stereocenters. The molecule has 0 bridgehead atoms. The first-order valence-corrected chi connectivity index (χ1v) is 8.95. The molecule has 1 aliphatic heterocycles. The molecule has 1 N–H and O–H groups in total. The number of carbonyl (C=O) groups excluding carboxylic acids is 2. The van der Waals surface area contributed by atoms with Gasteiger partial charge in [-0.05, 0) is 42.0 Å². The molecular formula is C22H18N2O5. The van der Waals surface area contributed by atoms with Crippen LogP contribution in [0.1, 0.15) is 22.9 Å². The molecule has 1 amide bonds. The molecule has 0 radical (unpaired) electrons. The second-order valence-electron chi connectivity index (χ2n) is 6.53. The van der Waals surface area contributed by atoms with Crippen LogP contribution in [0, 0.1) is 0 Å². The first-order chi connectivity index (χ1) is 14.1. The highest BCUT2D eigenvalue weighted by atomic mass is 16.5. The Morgan fingerprint density at radius 2 is 1.97 bits per heavy atom. The quantitative estimate of drug-likeness (QED) is 0.408. The van der Waals surface area contributed by atoms with E-state index in [-0.39, 0.29) is 17.9 Å². The summed E-state index contributed by atoms with van der Waals surface area (Å²) in [7, 11) is 1.51. The van der Waals surface area contributed by atoms with Gasteiger partial charge in [-0.15, -0.1) is 0 Å². The molecule has 3 heterocycles. The molecule has 146 valence electrons. The summed E-state index contributed by atoms with van der Waals surface area (Å²) in [6.07, 6.45) is 4.70. The molecule has 4 rings (SSSR count). The standard InChI is InChI=1S/C22H18N2O5/c1-28-16-5-2-4-15(12-16)20(25)18-19(17-6-3-11-29-17)24(22(27)21(18)26)13-14-7-9-23-10-8-14/h2-12,19,25H,13H2,1H3. The summed E-state index contributed by atoms with van der Waals surface area (Å²) in [5, 5.41) is 11.0. The third kappa shape index (κ3) is 3.38. The summed E-state index contributed by atoms with van der Waals surface area (Å²) in [5.74, 6) is -0.827. The number of carbonyl (C=O) groups is 2. The van der Waals surface area contributed by atoms with Crippen molar-refractivity contribution in [3.8, 4) is 5.75 Å². The van der Waals surface area contributed by atoms with Crippen LogP contribution in [-0.4, -0.2) is 33.8 Å². The first-order valence-electron chi connectivity index (χ1n) is 8.95. The van der Waals surface area contributed by atoms with Crippen molar-refractivity contribution in [3.63, 3.8) is 0 Å². The van der Waals surface area contributed by atoms with E-state index in [9.17, 15) is 14.7 Å². The lowest BCUT2D eigenvalue weighted by Crippen LogP contribution is -2.29. The number of likely N-dealkylation sites (tertiary alicyclic amines) is 1. The number of hydrogen-bond acceptors (Lipinski definition) is 6. The van der Waals surface area contributed by atoms with Crippen LogP contribution in [0.2, 0.25) is 0 Å². The van der Waals surface area contributed by atoms with E-state index in [1.165, 1.54) is 18.3 Å². The highest BCUT2D eigenvalue weighted by molar-refractivity contribution is 6.46. The number of aliphatic hydroxyl groups is 1. The van der Waals surface area contributed by atoms with Crippen molar-refractivity contribution < 1.29 is 23.8 Å². The maximum atomic E-state index is 12.9. The van der Waals surface area contributed by atoms with Crippen molar-refractivity contribution in [2.24, 2.45) is 0 Å². The highest BCUT2D eigenvalue weighted by Gasteiger charge is 2.47. The summed E-state index contributed by atoms with van der Waals surface area (Å²) >= 11 is 0. The fourth-order valence-corrected chi connectivity index (χ4v) is 3.40. The largest absolute Gasteiger partial charge is 0.507 e. The molecule has 29 heavy (non-hydrogen) atoms. The Hall–Kier alpha value is -3.87. The van der Waals surface area contributed by atoms with Crippen LogP contribution in [0.15, 0.2) is 77.2 Å². The molecule has 0 spiro atoms. The zero-order valence-electron chi connectivity index (χ0n) is 15.6. The summed E-state index contributed by atoms with van der Waals surface area (Å²) in [5.41, 5.74) is 1.16. The number of aliphatic hydroxyl groups excluding tert-OH is 1. The second kappa shape index (κ2) is 7.63. The number of hydrogen-bond donors (Lipinski definition) is 1. The molecule has 1 fully saturated rings. The first kappa shape index (κ1) is 18.5. The van der Waals surface area contributed by atoms with E-state index >= 15 is 0 Å². The van der Waals surface area contributed by atoms with E-state index < -0.39 is 17.7 Å². The number of ketones is 1. The van der Waals surface area contributed by atoms with Gasteiger partial charge in [0.25, 0.3) is 11.7 Å². The average Bonchev–Trinajstić information content (AvgIpc) is 3.37. The van der Waals surface area contributed by atoms with E-state index in [1.807, 2.05) is 0 Å². The van der Waals surface area contributed by atoms with E-state index in [0.717, 1.165) is 5.56 Å². The van der Waals surface area contributed by atoms with Gasteiger partial charge in [-0.3, -0.25) is 14.6 Å². The Morgan fingerprint density at radius 3 is 2.66 bits per heavy atom. The number of amides is 1. The minimum Gasteiger partial charge on any atom is -0.507 e. The number of benzene rings is 1. The summed E-state index contributed by atoms with van der Waals surface area (Å²) in [6, 6.07) is 12.7. The lowest BCUT2D eigenvalue weighted by Gasteiger charge is -2.23. The van der Waals surface area contributed by atoms with E-state index in [2.05, 4.69) is 4.98 Å². The third-order valence-corrected chi connectivity index (χ3v) is 4.80. The Labute approximate surface area is 166 Å². The predicted molar refractivity (Wildman–Crippen MR) is 104 cm³/mol. The van der Waals surface area contributed by atoms with Crippen molar-refractivity contribution in [2.45, 2.75) is 12.6 Å². The molecule has 0 saturated carbocycles. The zero-order valence-corrected chi connectivity index (χ0v) is 15.6. The molecule has 2 aromatic heterocycles. The SMILES string of the molecule is COc1cccc(C(O)=C2C(=O)C(=O)N(Cc3ccncc3)C2c2ccco2)c1. The highest BCUT2D eigenvalue weighted by Crippen LogP contribution is 2.40. The topological polar surface area (TPSA) is 92.9 Å². The van der Waals surface area contributed by atoms with Crippen molar-refractivity contribution in [2.75, 3.05) is 7.11 Å². The Morgan fingerprint density at radius 1 is 1.17 bits per heavy atom. The number of nitrogens with zero attached hydrogens (tertiary/aromatic N) is 2. The number of aromatic nitrogens is 1. The van der Waals surface area contributed by atoms with Crippen LogP contribution in [0.25, 0.3) is 5.76 Å². The molecule has 1 atom stereocenters. The molecule has 7 nitrogen and oxygen atoms in total. The van der Waals surface area contributed by atoms with E-state index in [1.54, 1.807) is 60.9 Å². The predicted octanol–water partition coefficient (Wildman–Crippen LogP) is 3.31. The van der Waals surface area contributed by atoms with Crippen LogP contribution in [0.3, 0.4) is 0 Å². The van der Waals surface area contributed by atoms with Crippen LogP contribution < -0.4 is 4.74 Å². The fraction of sp³-hybridized carbons (Fsp3) is 0.136. The van der Waals surface area contributed by atoms with Gasteiger partial charge in [0, 0.05) is 24.5 Å². The number of pyridine rings is 1.